The second-order valence-electron chi connectivity index (χ2n) is 7.04. The average Bonchev–Trinajstić information content (AvgIpc) is 2.86. The molecule has 0 N–H and O–H groups in total. The highest BCUT2D eigenvalue weighted by Gasteiger charge is 2.23. The van der Waals surface area contributed by atoms with Gasteiger partial charge < -0.3 is 9.80 Å². The third-order valence-corrected chi connectivity index (χ3v) is 5.31. The van der Waals surface area contributed by atoms with Crippen molar-refractivity contribution in [2.45, 2.75) is 19.4 Å². The standard InChI is InChI=1S/C19H26N6/c1-23-10-12-25(13-11-23)19-17-4-8-24(9-5-18(17)21-15-22-19)14-16-2-6-20-7-3-16/h2-3,6-7,15H,4-5,8-14H2,1H3. The first-order valence-corrected chi connectivity index (χ1v) is 9.17. The number of aromatic nitrogens is 3. The molecule has 6 heteroatoms. The number of piperazine rings is 1. The van der Waals surface area contributed by atoms with Gasteiger partial charge in [0.05, 0.1) is 5.69 Å². The van der Waals surface area contributed by atoms with Gasteiger partial charge in [-0.05, 0) is 31.2 Å². The number of likely N-dealkylation sites (N-methyl/N-ethyl adjacent to an activating group) is 1. The zero-order chi connectivity index (χ0) is 17.1. The number of hydrogen-bond acceptors (Lipinski definition) is 6. The van der Waals surface area contributed by atoms with Crippen LogP contribution in [0.3, 0.4) is 0 Å². The van der Waals surface area contributed by atoms with Crippen LogP contribution in [0.5, 0.6) is 0 Å². The van der Waals surface area contributed by atoms with E-state index in [-0.39, 0.29) is 0 Å². The van der Waals surface area contributed by atoms with E-state index in [0.717, 1.165) is 58.7 Å². The van der Waals surface area contributed by atoms with Gasteiger partial charge in [-0.2, -0.15) is 0 Å². The summed E-state index contributed by atoms with van der Waals surface area (Å²) in [6.45, 7) is 7.41. The highest BCUT2D eigenvalue weighted by molar-refractivity contribution is 5.49. The molecule has 0 bridgehead atoms. The fourth-order valence-electron chi connectivity index (χ4n) is 3.75. The maximum atomic E-state index is 4.66. The van der Waals surface area contributed by atoms with Crippen LogP contribution in [0.15, 0.2) is 30.9 Å². The summed E-state index contributed by atoms with van der Waals surface area (Å²) in [5.41, 5.74) is 3.93. The van der Waals surface area contributed by atoms with E-state index >= 15 is 0 Å². The first-order chi connectivity index (χ1) is 12.3. The Morgan fingerprint density at radius 2 is 1.68 bits per heavy atom. The molecule has 2 aliphatic rings. The minimum Gasteiger partial charge on any atom is -0.354 e. The minimum absolute atomic E-state index is 0.980. The molecule has 25 heavy (non-hydrogen) atoms. The lowest BCUT2D eigenvalue weighted by atomic mass is 10.1. The van der Waals surface area contributed by atoms with Crippen LogP contribution >= 0.6 is 0 Å². The van der Waals surface area contributed by atoms with E-state index in [2.05, 4.69) is 48.8 Å². The largest absolute Gasteiger partial charge is 0.354 e. The van der Waals surface area contributed by atoms with Crippen LogP contribution in [0.25, 0.3) is 0 Å². The fourth-order valence-corrected chi connectivity index (χ4v) is 3.75. The van der Waals surface area contributed by atoms with Gasteiger partial charge in [0.25, 0.3) is 0 Å². The molecule has 2 aromatic heterocycles. The van der Waals surface area contributed by atoms with Gasteiger partial charge in [-0.3, -0.25) is 9.88 Å². The quantitative estimate of drug-likeness (QED) is 0.839. The number of anilines is 1. The van der Waals surface area contributed by atoms with Crippen LogP contribution < -0.4 is 4.90 Å². The summed E-state index contributed by atoms with van der Waals surface area (Å²) in [4.78, 5) is 20.7. The molecule has 1 fully saturated rings. The predicted octanol–water partition coefficient (Wildman–Crippen LogP) is 1.22. The number of fused-ring (bicyclic) bond motifs is 1. The normalized spacial score (nSPS) is 19.5. The summed E-state index contributed by atoms with van der Waals surface area (Å²) < 4.78 is 0. The van der Waals surface area contributed by atoms with Crippen LogP contribution in [0.2, 0.25) is 0 Å². The number of hydrogen-bond donors (Lipinski definition) is 0. The highest BCUT2D eigenvalue weighted by atomic mass is 15.3. The molecule has 0 radical (unpaired) electrons. The maximum Gasteiger partial charge on any atom is 0.135 e. The van der Waals surface area contributed by atoms with Crippen molar-refractivity contribution in [2.24, 2.45) is 0 Å². The topological polar surface area (TPSA) is 48.4 Å². The molecule has 2 aromatic rings. The SMILES string of the molecule is CN1CCN(c2ncnc3c2CCN(Cc2ccncc2)CC3)CC1. The lowest BCUT2D eigenvalue weighted by Crippen LogP contribution is -2.45. The van der Waals surface area contributed by atoms with Crippen molar-refractivity contribution in [3.8, 4) is 0 Å². The van der Waals surface area contributed by atoms with Gasteiger partial charge in [0.2, 0.25) is 0 Å². The third-order valence-electron chi connectivity index (χ3n) is 5.31. The second-order valence-corrected chi connectivity index (χ2v) is 7.04. The molecule has 132 valence electrons. The molecule has 6 nitrogen and oxygen atoms in total. The Bertz CT molecular complexity index is 696. The summed E-state index contributed by atoms with van der Waals surface area (Å²) in [7, 11) is 2.19. The van der Waals surface area contributed by atoms with Gasteiger partial charge in [-0.15, -0.1) is 0 Å². The minimum atomic E-state index is 0.980. The van der Waals surface area contributed by atoms with E-state index in [9.17, 15) is 0 Å². The van der Waals surface area contributed by atoms with Crippen LogP contribution in [0.4, 0.5) is 5.82 Å². The smallest absolute Gasteiger partial charge is 0.135 e. The number of pyridine rings is 1. The van der Waals surface area contributed by atoms with Crippen molar-refractivity contribution in [1.29, 1.82) is 0 Å². The fraction of sp³-hybridized carbons (Fsp3) is 0.526. The van der Waals surface area contributed by atoms with Gasteiger partial charge in [-0.25, -0.2) is 9.97 Å². The second kappa shape index (κ2) is 7.45. The monoisotopic (exact) mass is 338 g/mol. The van der Waals surface area contributed by atoms with Gasteiger partial charge in [-0.1, -0.05) is 0 Å². The molecule has 4 rings (SSSR count). The molecule has 4 heterocycles. The highest BCUT2D eigenvalue weighted by Crippen LogP contribution is 2.25. The molecule has 0 unspecified atom stereocenters. The lowest BCUT2D eigenvalue weighted by molar-refractivity contribution is 0.278. The molecule has 0 amide bonds. The van der Waals surface area contributed by atoms with Crippen LogP contribution in [-0.2, 0) is 19.4 Å². The molecule has 1 saturated heterocycles. The van der Waals surface area contributed by atoms with E-state index in [1.165, 1.54) is 22.6 Å². The van der Waals surface area contributed by atoms with E-state index < -0.39 is 0 Å². The van der Waals surface area contributed by atoms with E-state index in [1.807, 2.05) is 12.4 Å². The molecular formula is C19H26N6. The Labute approximate surface area is 149 Å². The third kappa shape index (κ3) is 3.80. The van der Waals surface area contributed by atoms with E-state index in [0.29, 0.717) is 0 Å². The summed E-state index contributed by atoms with van der Waals surface area (Å²) in [5, 5.41) is 0. The average molecular weight is 338 g/mol. The van der Waals surface area contributed by atoms with Crippen molar-refractivity contribution >= 4 is 5.82 Å². The molecule has 0 aromatic carbocycles. The van der Waals surface area contributed by atoms with Crippen molar-refractivity contribution in [3.05, 3.63) is 47.7 Å². The van der Waals surface area contributed by atoms with Crippen LogP contribution in [0, 0.1) is 0 Å². The summed E-state index contributed by atoms with van der Waals surface area (Å²) >= 11 is 0. The van der Waals surface area contributed by atoms with Gasteiger partial charge >= 0.3 is 0 Å². The summed E-state index contributed by atoms with van der Waals surface area (Å²) in [6, 6.07) is 4.21. The number of nitrogens with zero attached hydrogens (tertiary/aromatic N) is 6. The van der Waals surface area contributed by atoms with Crippen LogP contribution in [-0.4, -0.2) is 71.1 Å². The number of rotatable bonds is 3. The van der Waals surface area contributed by atoms with E-state index in [1.54, 1.807) is 6.33 Å². The van der Waals surface area contributed by atoms with Gasteiger partial charge in [0.1, 0.15) is 12.1 Å². The van der Waals surface area contributed by atoms with E-state index in [4.69, 9.17) is 0 Å². The van der Waals surface area contributed by atoms with Crippen molar-refractivity contribution < 1.29 is 0 Å². The maximum absolute atomic E-state index is 4.66. The first kappa shape index (κ1) is 16.4. The van der Waals surface area contributed by atoms with Crippen LogP contribution in [0.1, 0.15) is 16.8 Å². The molecule has 0 saturated carbocycles. The van der Waals surface area contributed by atoms with Gasteiger partial charge in [0.15, 0.2) is 0 Å². The first-order valence-electron chi connectivity index (χ1n) is 9.17. The van der Waals surface area contributed by atoms with Crippen molar-refractivity contribution in [1.82, 2.24) is 24.8 Å². The molecule has 2 aliphatic heterocycles. The summed E-state index contributed by atoms with van der Waals surface area (Å²) in [6.07, 6.45) is 7.54. The Hall–Kier alpha value is -2.05. The zero-order valence-corrected chi connectivity index (χ0v) is 14.9. The molecular weight excluding hydrogens is 312 g/mol. The predicted molar refractivity (Wildman–Crippen MR) is 98.7 cm³/mol. The van der Waals surface area contributed by atoms with Crippen molar-refractivity contribution in [2.75, 3.05) is 51.2 Å². The Morgan fingerprint density at radius 1 is 0.920 bits per heavy atom. The molecule has 0 atom stereocenters. The lowest BCUT2D eigenvalue weighted by Gasteiger charge is -2.34. The summed E-state index contributed by atoms with van der Waals surface area (Å²) in [5.74, 6) is 1.17. The van der Waals surface area contributed by atoms with Gasteiger partial charge in [0, 0.05) is 70.2 Å². The van der Waals surface area contributed by atoms with Crippen molar-refractivity contribution in [3.63, 3.8) is 0 Å². The molecule has 0 aliphatic carbocycles. The Kier molecular flexibility index (Phi) is 4.90. The molecule has 0 spiro atoms. The Morgan fingerprint density at radius 3 is 2.48 bits per heavy atom. The zero-order valence-electron chi connectivity index (χ0n) is 14.9. The Balaban J connectivity index is 1.49.